The van der Waals surface area contributed by atoms with Gasteiger partial charge in [0.1, 0.15) is 0 Å². The quantitative estimate of drug-likeness (QED) is 0.733. The minimum Gasteiger partial charge on any atom is -0.347 e. The van der Waals surface area contributed by atoms with Gasteiger partial charge in [0.05, 0.1) is 17.6 Å². The number of benzene rings is 2. The zero-order valence-electron chi connectivity index (χ0n) is 13.6. The first-order valence-electron chi connectivity index (χ1n) is 7.71. The molecule has 0 bridgehead atoms. The molecule has 3 rings (SSSR count). The summed E-state index contributed by atoms with van der Waals surface area (Å²) in [4.78, 5) is 24.2. The van der Waals surface area contributed by atoms with Crippen molar-refractivity contribution in [2.24, 2.45) is 7.05 Å². The van der Waals surface area contributed by atoms with Crippen LogP contribution >= 0.6 is 11.6 Å². The predicted molar refractivity (Wildman–Crippen MR) is 99.3 cm³/mol. The van der Waals surface area contributed by atoms with Crippen molar-refractivity contribution in [2.75, 3.05) is 0 Å². The van der Waals surface area contributed by atoms with Crippen LogP contribution in [0.5, 0.6) is 0 Å². The summed E-state index contributed by atoms with van der Waals surface area (Å²) < 4.78 is 1.28. The summed E-state index contributed by atoms with van der Waals surface area (Å²) in [6.45, 7) is 0.223. The number of halogens is 1. The molecule has 3 aromatic rings. The molecule has 1 heterocycles. The molecule has 0 unspecified atom stereocenters. The molecule has 5 nitrogen and oxygen atoms in total. The lowest BCUT2D eigenvalue weighted by Gasteiger charge is -2.08. The minimum absolute atomic E-state index is 0.163. The third-order valence-corrected chi connectivity index (χ3v) is 4.13. The fourth-order valence-corrected chi connectivity index (χ4v) is 2.71. The number of nitrogens with zero attached hydrogens (tertiary/aromatic N) is 2. The molecule has 0 atom stereocenters. The van der Waals surface area contributed by atoms with Crippen molar-refractivity contribution in [1.82, 2.24) is 15.1 Å². The van der Waals surface area contributed by atoms with Crippen LogP contribution in [0.2, 0.25) is 5.02 Å². The third-order valence-electron chi connectivity index (χ3n) is 3.78. The Morgan fingerprint density at radius 2 is 1.84 bits per heavy atom. The standard InChI is InChI=1S/C19H16ClN3O2/c1-23-19(25)15-8-4-3-7-14(15)17(22-23)12-21-18(24)11-10-13-6-2-5-9-16(13)20/h2-11H,12H2,1H3,(H,21,24)/b11-10+. The topological polar surface area (TPSA) is 64.0 Å². The van der Waals surface area contributed by atoms with Gasteiger partial charge >= 0.3 is 0 Å². The molecule has 25 heavy (non-hydrogen) atoms. The van der Waals surface area contributed by atoms with Gasteiger partial charge in [-0.2, -0.15) is 5.10 Å². The van der Waals surface area contributed by atoms with Crippen LogP contribution in [0.25, 0.3) is 16.8 Å². The number of amides is 1. The lowest BCUT2D eigenvalue weighted by molar-refractivity contribution is -0.116. The summed E-state index contributed by atoms with van der Waals surface area (Å²) >= 11 is 6.05. The number of aromatic nitrogens is 2. The van der Waals surface area contributed by atoms with Crippen LogP contribution in [-0.4, -0.2) is 15.7 Å². The summed E-state index contributed by atoms with van der Waals surface area (Å²) in [7, 11) is 1.59. The Bertz CT molecular complexity index is 1020. The second-order valence-corrected chi connectivity index (χ2v) is 5.90. The Kier molecular flexibility index (Phi) is 4.95. The van der Waals surface area contributed by atoms with Crippen LogP contribution in [0.15, 0.2) is 59.4 Å². The highest BCUT2D eigenvalue weighted by Crippen LogP contribution is 2.16. The number of carbonyl (C=O) groups excluding carboxylic acids is 1. The first-order valence-corrected chi connectivity index (χ1v) is 8.09. The van der Waals surface area contributed by atoms with Crippen molar-refractivity contribution in [3.8, 4) is 0 Å². The third kappa shape index (κ3) is 3.78. The van der Waals surface area contributed by atoms with Crippen molar-refractivity contribution in [2.45, 2.75) is 6.54 Å². The second-order valence-electron chi connectivity index (χ2n) is 5.49. The maximum absolute atomic E-state index is 12.1. The van der Waals surface area contributed by atoms with Crippen LogP contribution in [0.3, 0.4) is 0 Å². The average Bonchev–Trinajstić information content (AvgIpc) is 2.63. The molecular formula is C19H16ClN3O2. The summed E-state index contributed by atoms with van der Waals surface area (Å²) in [6.07, 6.45) is 3.08. The lowest BCUT2D eigenvalue weighted by Crippen LogP contribution is -2.26. The van der Waals surface area contributed by atoms with E-state index < -0.39 is 0 Å². The Labute approximate surface area is 149 Å². The van der Waals surface area contributed by atoms with E-state index in [0.717, 1.165) is 10.9 Å². The molecule has 1 aromatic heterocycles. The van der Waals surface area contributed by atoms with E-state index in [9.17, 15) is 9.59 Å². The van der Waals surface area contributed by atoms with Gasteiger partial charge in [-0.1, -0.05) is 48.0 Å². The van der Waals surface area contributed by atoms with Gasteiger partial charge in [-0.25, -0.2) is 4.68 Å². The van der Waals surface area contributed by atoms with Crippen molar-refractivity contribution >= 4 is 34.4 Å². The van der Waals surface area contributed by atoms with Gasteiger partial charge in [0.2, 0.25) is 5.91 Å². The molecule has 0 fully saturated rings. The van der Waals surface area contributed by atoms with Gasteiger partial charge in [0.15, 0.2) is 0 Å². The van der Waals surface area contributed by atoms with Gasteiger partial charge in [-0.15, -0.1) is 0 Å². The zero-order valence-corrected chi connectivity index (χ0v) is 14.3. The van der Waals surface area contributed by atoms with Crippen LogP contribution < -0.4 is 10.9 Å². The number of nitrogens with one attached hydrogen (secondary N) is 1. The van der Waals surface area contributed by atoms with Gasteiger partial charge in [0.25, 0.3) is 5.56 Å². The molecule has 0 aliphatic heterocycles. The Hall–Kier alpha value is -2.92. The summed E-state index contributed by atoms with van der Waals surface area (Å²) in [5, 5.41) is 8.93. The van der Waals surface area contributed by atoms with Crippen molar-refractivity contribution < 1.29 is 4.79 Å². The SMILES string of the molecule is Cn1nc(CNC(=O)/C=C/c2ccccc2Cl)c2ccccc2c1=O. The first kappa shape index (κ1) is 16.9. The molecule has 0 aliphatic rings. The molecular weight excluding hydrogens is 338 g/mol. The van der Waals surface area contributed by atoms with Crippen LogP contribution in [0.4, 0.5) is 0 Å². The summed E-state index contributed by atoms with van der Waals surface area (Å²) in [6, 6.07) is 14.5. The maximum atomic E-state index is 12.1. The van der Waals surface area contributed by atoms with E-state index >= 15 is 0 Å². The largest absolute Gasteiger partial charge is 0.347 e. The highest BCUT2D eigenvalue weighted by atomic mass is 35.5. The summed E-state index contributed by atoms with van der Waals surface area (Å²) in [5.74, 6) is -0.264. The highest BCUT2D eigenvalue weighted by molar-refractivity contribution is 6.32. The molecule has 0 saturated carbocycles. The van der Waals surface area contributed by atoms with E-state index in [2.05, 4.69) is 10.4 Å². The number of aryl methyl sites for hydroxylation is 1. The molecule has 2 aromatic carbocycles. The number of rotatable bonds is 4. The smallest absolute Gasteiger partial charge is 0.274 e. The number of fused-ring (bicyclic) bond motifs is 1. The Morgan fingerprint density at radius 1 is 1.16 bits per heavy atom. The zero-order chi connectivity index (χ0) is 17.8. The van der Waals surface area contributed by atoms with Crippen LogP contribution in [-0.2, 0) is 18.4 Å². The molecule has 1 N–H and O–H groups in total. The number of hydrogen-bond donors (Lipinski definition) is 1. The van der Waals surface area contributed by atoms with Crippen molar-refractivity contribution in [3.63, 3.8) is 0 Å². The average molecular weight is 354 g/mol. The van der Waals surface area contributed by atoms with Crippen molar-refractivity contribution in [1.29, 1.82) is 0 Å². The van der Waals surface area contributed by atoms with E-state index in [1.807, 2.05) is 30.3 Å². The van der Waals surface area contributed by atoms with E-state index in [1.54, 1.807) is 31.3 Å². The molecule has 0 spiro atoms. The van der Waals surface area contributed by atoms with Gasteiger partial charge in [0, 0.05) is 23.5 Å². The molecule has 6 heteroatoms. The monoisotopic (exact) mass is 353 g/mol. The first-order chi connectivity index (χ1) is 12.1. The maximum Gasteiger partial charge on any atom is 0.274 e. The number of carbonyl (C=O) groups is 1. The molecule has 0 aliphatic carbocycles. The fourth-order valence-electron chi connectivity index (χ4n) is 2.51. The normalized spacial score (nSPS) is 11.1. The molecule has 0 saturated heterocycles. The van der Waals surface area contributed by atoms with Gasteiger partial charge in [-0.3, -0.25) is 9.59 Å². The van der Waals surface area contributed by atoms with E-state index in [0.29, 0.717) is 16.1 Å². The fraction of sp³-hybridized carbons (Fsp3) is 0.105. The number of hydrogen-bond acceptors (Lipinski definition) is 3. The predicted octanol–water partition coefficient (Wildman–Crippen LogP) is 2.92. The van der Waals surface area contributed by atoms with Crippen LogP contribution in [0, 0.1) is 0 Å². The van der Waals surface area contributed by atoms with Gasteiger partial charge < -0.3 is 5.32 Å². The van der Waals surface area contributed by atoms with Crippen molar-refractivity contribution in [3.05, 3.63) is 81.2 Å². The Morgan fingerprint density at radius 3 is 2.60 bits per heavy atom. The highest BCUT2D eigenvalue weighted by Gasteiger charge is 2.08. The molecule has 0 radical (unpaired) electrons. The molecule has 1 amide bonds. The van der Waals surface area contributed by atoms with E-state index in [4.69, 9.17) is 11.6 Å². The minimum atomic E-state index is -0.264. The van der Waals surface area contributed by atoms with E-state index in [1.165, 1.54) is 10.8 Å². The van der Waals surface area contributed by atoms with Crippen LogP contribution in [0.1, 0.15) is 11.3 Å². The van der Waals surface area contributed by atoms with Gasteiger partial charge in [-0.05, 0) is 23.8 Å². The lowest BCUT2D eigenvalue weighted by atomic mass is 10.1. The Balaban J connectivity index is 1.77. The van der Waals surface area contributed by atoms with E-state index in [-0.39, 0.29) is 18.0 Å². The second kappa shape index (κ2) is 7.32. The summed E-state index contributed by atoms with van der Waals surface area (Å²) in [5.41, 5.74) is 1.24. The molecule has 126 valence electrons.